The zero-order valence-corrected chi connectivity index (χ0v) is 45.9. The van der Waals surface area contributed by atoms with Gasteiger partial charge in [-0.15, -0.1) is 0 Å². The molecule has 23 heteroatoms. The Morgan fingerprint density at radius 3 is 2.05 bits per heavy atom. The van der Waals surface area contributed by atoms with Gasteiger partial charge in [-0.2, -0.15) is 0 Å². The van der Waals surface area contributed by atoms with Crippen LogP contribution in [0.15, 0.2) is 97.1 Å². The number of carbonyl (C=O) groups is 7. The number of benzene rings is 5. The second-order valence-corrected chi connectivity index (χ2v) is 20.9. The lowest BCUT2D eigenvalue weighted by molar-refractivity contribution is -0.249. The number of ether oxygens (including phenoxy) is 5. The summed E-state index contributed by atoms with van der Waals surface area (Å²) in [5.41, 5.74) is 10.3. The molecule has 5 aromatic carbocycles. The number of hydrogen-bond acceptors (Lipinski definition) is 19. The number of nitrogens with one attached hydrogen (secondary N) is 4. The average molecular weight is 1150 g/mol. The minimum atomic E-state index is -2.40. The largest absolute Gasteiger partial charge is 0.507 e. The lowest BCUT2D eigenvalue weighted by atomic mass is 9.72. The second-order valence-electron chi connectivity index (χ2n) is 20.9. The number of alkyl carbamates (subject to hydrolysis) is 1. The minimum Gasteiger partial charge on any atom is -0.507 e. The van der Waals surface area contributed by atoms with Crippen LogP contribution in [0, 0.1) is 5.92 Å². The predicted molar refractivity (Wildman–Crippen MR) is 298 cm³/mol. The van der Waals surface area contributed by atoms with E-state index in [0.29, 0.717) is 54.7 Å². The van der Waals surface area contributed by atoms with Crippen molar-refractivity contribution < 1.29 is 82.8 Å². The zero-order valence-electron chi connectivity index (χ0n) is 45.9. The van der Waals surface area contributed by atoms with Gasteiger partial charge < -0.3 is 76.6 Å². The van der Waals surface area contributed by atoms with Gasteiger partial charge in [0.2, 0.25) is 17.6 Å². The van der Waals surface area contributed by atoms with Crippen molar-refractivity contribution in [3.8, 4) is 17.2 Å². The number of carbonyl (C=O) groups excluding carboxylic acids is 7. The Labute approximate surface area is 477 Å². The summed E-state index contributed by atoms with van der Waals surface area (Å²) in [6, 6.07) is 24.5. The molecule has 0 saturated carbocycles. The van der Waals surface area contributed by atoms with Crippen LogP contribution in [0.3, 0.4) is 0 Å². The van der Waals surface area contributed by atoms with E-state index in [2.05, 4.69) is 21.3 Å². The van der Waals surface area contributed by atoms with Gasteiger partial charge in [-0.25, -0.2) is 9.59 Å². The molecule has 4 amide bonds. The monoisotopic (exact) mass is 1140 g/mol. The molecule has 8 rings (SSSR count). The van der Waals surface area contributed by atoms with Crippen molar-refractivity contribution in [2.24, 2.45) is 17.4 Å². The molecule has 1 heterocycles. The molecule has 0 unspecified atom stereocenters. The number of rotatable bonds is 22. The molecule has 1 fully saturated rings. The van der Waals surface area contributed by atoms with Gasteiger partial charge >= 0.3 is 12.2 Å². The molecule has 9 atom stereocenters. The van der Waals surface area contributed by atoms with Crippen molar-refractivity contribution in [3.63, 3.8) is 0 Å². The number of nitrogens with two attached hydrogens (primary N) is 2. The van der Waals surface area contributed by atoms with Crippen LogP contribution in [-0.4, -0.2) is 129 Å². The number of phenolic OH excluding ortho intramolecular Hbond substituents is 2. The van der Waals surface area contributed by atoms with Crippen LogP contribution in [0.1, 0.15) is 112 Å². The number of Topliss-reactive ketones (excluding diaryl/α,β-unsaturated/α-hetero) is 1. The maximum absolute atomic E-state index is 14.1. The Balaban J connectivity index is 0.843. The van der Waals surface area contributed by atoms with Gasteiger partial charge in [-0.05, 0) is 86.7 Å². The van der Waals surface area contributed by atoms with Crippen LogP contribution < -0.4 is 37.5 Å². The van der Waals surface area contributed by atoms with Gasteiger partial charge in [0.25, 0.3) is 0 Å². The van der Waals surface area contributed by atoms with Crippen molar-refractivity contribution in [3.05, 3.63) is 147 Å². The smallest absolute Gasteiger partial charge is 0.411 e. The molecule has 13 N–H and O–H groups in total. The Morgan fingerprint density at radius 2 is 1.42 bits per heavy atom. The van der Waals surface area contributed by atoms with Crippen molar-refractivity contribution in [2.75, 3.05) is 30.9 Å². The first-order valence-corrected chi connectivity index (χ1v) is 27.1. The summed E-state index contributed by atoms with van der Waals surface area (Å²) in [4.78, 5) is 93.7. The number of methoxy groups -OCH3 is 1. The third-order valence-corrected chi connectivity index (χ3v) is 15.1. The molecule has 3 aliphatic rings. The number of aliphatic hydroxyl groups excluding tert-OH is 2. The van der Waals surface area contributed by atoms with Crippen LogP contribution in [0.2, 0.25) is 0 Å². The summed E-state index contributed by atoms with van der Waals surface area (Å²) in [5.74, 6) is -5.53. The summed E-state index contributed by atoms with van der Waals surface area (Å²) in [6.45, 7) is 2.07. The summed E-state index contributed by atoms with van der Waals surface area (Å²) < 4.78 is 28.4. The van der Waals surface area contributed by atoms with Crippen LogP contribution in [0.5, 0.6) is 17.2 Å². The molecule has 83 heavy (non-hydrogen) atoms. The van der Waals surface area contributed by atoms with Gasteiger partial charge in [0.1, 0.15) is 48.8 Å². The molecule has 0 bridgehead atoms. The summed E-state index contributed by atoms with van der Waals surface area (Å²) in [5, 5.41) is 67.4. The fourth-order valence-corrected chi connectivity index (χ4v) is 10.6. The Kier molecular flexibility index (Phi) is 19.6. The molecule has 1 aliphatic heterocycles. The second kappa shape index (κ2) is 26.7. The lowest BCUT2D eigenvalue weighted by Crippen LogP contribution is -2.56. The number of fused-ring (bicyclic) bond motifs is 3. The number of anilines is 2. The van der Waals surface area contributed by atoms with Gasteiger partial charge in [0.15, 0.2) is 17.9 Å². The molecule has 0 aromatic heterocycles. The highest BCUT2D eigenvalue weighted by atomic mass is 16.7. The minimum absolute atomic E-state index is 0.0336. The zero-order chi connectivity index (χ0) is 59.7. The van der Waals surface area contributed by atoms with Crippen molar-refractivity contribution >= 4 is 52.7 Å². The summed E-state index contributed by atoms with van der Waals surface area (Å²) >= 11 is 0. The maximum atomic E-state index is 14.1. The Morgan fingerprint density at radius 1 is 0.783 bits per heavy atom. The normalized spacial score (nSPS) is 20.9. The average Bonchev–Trinajstić information content (AvgIpc) is 1.28. The molecular formula is C60H68N6O17. The number of aliphatic hydroxyl groups is 3. The van der Waals surface area contributed by atoms with E-state index in [1.807, 2.05) is 30.3 Å². The molecule has 0 radical (unpaired) electrons. The van der Waals surface area contributed by atoms with Crippen LogP contribution in [0.4, 0.5) is 21.0 Å². The molecule has 23 nitrogen and oxygen atoms in total. The van der Waals surface area contributed by atoms with Crippen LogP contribution in [-0.2, 0) is 59.4 Å². The van der Waals surface area contributed by atoms with Gasteiger partial charge in [-0.1, -0.05) is 73.2 Å². The van der Waals surface area contributed by atoms with Gasteiger partial charge in [-0.3, -0.25) is 29.3 Å². The first kappa shape index (κ1) is 60.8. The highest BCUT2D eigenvalue weighted by molar-refractivity contribution is 6.31. The fourth-order valence-electron chi connectivity index (χ4n) is 10.6. The molecule has 5 aromatic rings. The fraction of sp³-hybridized carbons (Fsp3) is 0.383. The highest BCUT2D eigenvalue weighted by Crippen LogP contribution is 2.52. The van der Waals surface area contributed by atoms with E-state index in [0.717, 1.165) is 5.56 Å². The summed E-state index contributed by atoms with van der Waals surface area (Å²) in [7, 11) is 1.29. The van der Waals surface area contributed by atoms with E-state index in [1.165, 1.54) is 32.2 Å². The van der Waals surface area contributed by atoms with E-state index in [1.54, 1.807) is 55.5 Å². The van der Waals surface area contributed by atoms with E-state index in [-0.39, 0.29) is 59.5 Å². The van der Waals surface area contributed by atoms with Gasteiger partial charge in [0.05, 0.1) is 54.0 Å². The summed E-state index contributed by atoms with van der Waals surface area (Å²) in [6.07, 6.45) is -6.19. The van der Waals surface area contributed by atoms with E-state index < -0.39 is 126 Å². The first-order valence-electron chi connectivity index (χ1n) is 27.1. The Hall–Kier alpha value is -8.29. The number of ketones is 3. The Bertz CT molecular complexity index is 3210. The number of aromatic hydroxyl groups is 2. The number of phenols is 2. The highest BCUT2D eigenvalue weighted by Gasteiger charge is 2.50. The van der Waals surface area contributed by atoms with Crippen LogP contribution >= 0.6 is 0 Å². The van der Waals surface area contributed by atoms with E-state index in [4.69, 9.17) is 35.2 Å². The third kappa shape index (κ3) is 14.0. The number of hydrogen-bond donors (Lipinski definition) is 11. The topological polar surface area (TPSA) is 367 Å². The first-order chi connectivity index (χ1) is 39.7. The molecule has 1 saturated heterocycles. The SMILES string of the molecule is COc1cccc2c1C(=O)c1c(O)c3c(c(O)c1C2=O)C[C@@](O)(C(=O)CO)C[C@@H]3O[C@H]1C[C@H](NC(=O)OCc2ccc(NC(=O)OCc3ccc(NC(=O)[C@@H](CCCCN)[C@@H](Cc4ccccc4)NC(=O)[C@H](C)N)cc3)cc2)[C@H](O)[C@H](C)O1. The molecule has 0 spiro atoms. The van der Waals surface area contributed by atoms with Crippen molar-refractivity contribution in [1.29, 1.82) is 0 Å². The molecule has 440 valence electrons. The maximum Gasteiger partial charge on any atom is 0.411 e. The number of amides is 4. The quantitative estimate of drug-likeness (QED) is 0.0330. The van der Waals surface area contributed by atoms with Crippen LogP contribution in [0.25, 0.3) is 0 Å². The lowest BCUT2D eigenvalue weighted by Gasteiger charge is -2.42. The standard InChI is InChI=1S/C60H68N6O17/c1-31(62)56(74)65-41(24-33-10-5-4-6-11-33)38(12-7-8-23-61)57(75)63-36-19-15-34(16-20-36)29-80-58(76)64-37-21-17-35(18-22-37)30-81-59(77)66-42-25-46(82-32(2)51(42)69)83-44-27-60(78,45(68)28-67)26-40-48(44)55(73)50-49(53(40)71)52(70)39-13-9-14-43(79-3)47(39)54(50)72/h4-6,9-11,13-22,31-32,38,41-42,44,46,51,67,69,71,73,78H,7-8,12,23-30,61-62H2,1-3H3,(H,63,75)(H,64,76)(H,65,74)(H,66,77)/t31-,32-,38-,41+,42-,44-,46-,51+,60-/m0/s1. The third-order valence-electron chi connectivity index (χ3n) is 15.1. The van der Waals surface area contributed by atoms with E-state index in [9.17, 15) is 59.1 Å². The molecule has 2 aliphatic carbocycles. The van der Waals surface area contributed by atoms with E-state index >= 15 is 0 Å². The van der Waals surface area contributed by atoms with Crippen molar-refractivity contribution in [1.82, 2.24) is 10.6 Å². The predicted octanol–water partition coefficient (Wildman–Crippen LogP) is 4.48. The number of unbranched alkanes of at least 4 members (excludes halogenated alkanes) is 1. The van der Waals surface area contributed by atoms with Gasteiger partial charge in [0, 0.05) is 53.4 Å². The van der Waals surface area contributed by atoms with Crippen molar-refractivity contribution in [2.45, 2.75) is 120 Å². The molecular weight excluding hydrogens is 1080 g/mol.